The molecule has 0 aliphatic carbocycles. The van der Waals surface area contributed by atoms with Gasteiger partial charge in [-0.1, -0.05) is 66.0 Å². The minimum absolute atomic E-state index is 0.00588. The number of hydrogen-bond donors (Lipinski definition) is 1. The van der Waals surface area contributed by atoms with Gasteiger partial charge in [-0.3, -0.25) is 0 Å². The maximum atomic E-state index is 6.26. The number of hydrogen-bond acceptors (Lipinski definition) is 1. The Morgan fingerprint density at radius 1 is 0.889 bits per heavy atom. The molecule has 0 aliphatic rings. The van der Waals surface area contributed by atoms with Crippen molar-refractivity contribution < 1.29 is 0 Å². The van der Waals surface area contributed by atoms with Crippen LogP contribution in [-0.2, 0) is 6.42 Å². The number of rotatable bonds is 3. The zero-order valence-corrected chi connectivity index (χ0v) is 14.3. The molecule has 1 unspecified atom stereocenters. The Morgan fingerprint density at radius 2 is 1.50 bits per heavy atom. The number of nitrogens with two attached hydrogens (primary N) is 1. The lowest BCUT2D eigenvalue weighted by atomic mass is 10.00. The van der Waals surface area contributed by atoms with Gasteiger partial charge in [-0.05, 0) is 41.8 Å². The zero-order chi connectivity index (χ0) is 13.1. The van der Waals surface area contributed by atoms with Crippen LogP contribution < -0.4 is 5.73 Å². The second-order valence-corrected chi connectivity index (χ2v) is 6.79. The summed E-state index contributed by atoms with van der Waals surface area (Å²) < 4.78 is 3.18. The molecule has 0 aromatic heterocycles. The van der Waals surface area contributed by atoms with Gasteiger partial charge in [0.2, 0.25) is 0 Å². The summed E-state index contributed by atoms with van der Waals surface area (Å²) in [5.74, 6) is 0. The van der Waals surface area contributed by atoms with Crippen molar-refractivity contribution in [3.05, 3.63) is 67.0 Å². The third-order valence-electron chi connectivity index (χ3n) is 2.73. The van der Waals surface area contributed by atoms with Crippen molar-refractivity contribution >= 4 is 47.8 Å². The minimum Gasteiger partial charge on any atom is -0.324 e. The molecule has 2 aromatic carbocycles. The van der Waals surface area contributed by atoms with E-state index < -0.39 is 0 Å². The molecule has 94 valence electrons. The highest BCUT2D eigenvalue weighted by atomic mass is 79.9. The monoisotopic (exact) mass is 431 g/mol. The van der Waals surface area contributed by atoms with Gasteiger partial charge in [-0.15, -0.1) is 0 Å². The van der Waals surface area contributed by atoms with Gasteiger partial charge in [0.05, 0.1) is 0 Å². The molecule has 18 heavy (non-hydrogen) atoms. The van der Waals surface area contributed by atoms with Crippen LogP contribution in [-0.4, -0.2) is 0 Å². The van der Waals surface area contributed by atoms with Crippen LogP contribution in [0.25, 0.3) is 0 Å². The van der Waals surface area contributed by atoms with Crippen LogP contribution >= 0.6 is 47.8 Å². The van der Waals surface area contributed by atoms with Crippen LogP contribution in [0.5, 0.6) is 0 Å². The minimum atomic E-state index is -0.00588. The molecule has 0 fully saturated rings. The smallest absolute Gasteiger partial charge is 0.0347 e. The van der Waals surface area contributed by atoms with Gasteiger partial charge in [0.15, 0.2) is 0 Å². The van der Waals surface area contributed by atoms with Crippen LogP contribution in [0.2, 0.25) is 0 Å². The van der Waals surface area contributed by atoms with E-state index in [1.165, 1.54) is 5.56 Å². The van der Waals surface area contributed by atoms with E-state index in [4.69, 9.17) is 5.73 Å². The molecule has 0 amide bonds. The summed E-state index contributed by atoms with van der Waals surface area (Å²) in [5, 5.41) is 0. The first kappa shape index (κ1) is 14.3. The van der Waals surface area contributed by atoms with E-state index in [9.17, 15) is 0 Å². The van der Waals surface area contributed by atoms with Gasteiger partial charge in [0, 0.05) is 19.5 Å². The van der Waals surface area contributed by atoms with Crippen LogP contribution in [0.4, 0.5) is 0 Å². The van der Waals surface area contributed by atoms with Gasteiger partial charge in [0.25, 0.3) is 0 Å². The fourth-order valence-electron chi connectivity index (χ4n) is 1.79. The largest absolute Gasteiger partial charge is 0.324 e. The third kappa shape index (κ3) is 3.67. The molecular formula is C14H12Br3N. The Bertz CT molecular complexity index is 537. The van der Waals surface area contributed by atoms with Crippen LogP contribution in [0.15, 0.2) is 55.9 Å². The summed E-state index contributed by atoms with van der Waals surface area (Å²) in [4.78, 5) is 0. The highest BCUT2D eigenvalue weighted by Crippen LogP contribution is 2.27. The number of halogens is 3. The highest BCUT2D eigenvalue weighted by molar-refractivity contribution is 9.11. The van der Waals surface area contributed by atoms with E-state index in [0.29, 0.717) is 0 Å². The molecule has 0 radical (unpaired) electrons. The highest BCUT2D eigenvalue weighted by Gasteiger charge is 2.10. The van der Waals surface area contributed by atoms with Crippen molar-refractivity contribution in [2.45, 2.75) is 12.5 Å². The Labute approximate surface area is 132 Å². The molecule has 2 rings (SSSR count). The molecule has 0 aliphatic heterocycles. The lowest BCUT2D eigenvalue weighted by molar-refractivity contribution is 0.718. The average molecular weight is 434 g/mol. The first-order valence-corrected chi connectivity index (χ1v) is 7.89. The van der Waals surface area contributed by atoms with Gasteiger partial charge in [0.1, 0.15) is 0 Å². The Balaban J connectivity index is 2.16. The fraction of sp³-hybridized carbons (Fsp3) is 0.143. The average Bonchev–Trinajstić information content (AvgIpc) is 2.32. The molecule has 0 saturated carbocycles. The quantitative estimate of drug-likeness (QED) is 0.705. The van der Waals surface area contributed by atoms with E-state index in [1.807, 2.05) is 24.3 Å². The van der Waals surface area contributed by atoms with E-state index >= 15 is 0 Å². The van der Waals surface area contributed by atoms with Crippen LogP contribution in [0.1, 0.15) is 17.2 Å². The molecule has 1 nitrogen and oxygen atoms in total. The second-order valence-electron chi connectivity index (χ2n) is 4.10. The summed E-state index contributed by atoms with van der Waals surface area (Å²) in [7, 11) is 0. The Kier molecular flexibility index (Phi) is 5.01. The molecule has 2 aromatic rings. The standard InChI is InChI=1S/C14H12Br3N/c15-10-3-1-9(2-4-10)7-14(18)12-6-5-11(16)8-13(12)17/h1-6,8,14H,7,18H2. The molecule has 0 bridgehead atoms. The third-order valence-corrected chi connectivity index (χ3v) is 4.44. The number of benzene rings is 2. The van der Waals surface area contributed by atoms with Crippen molar-refractivity contribution in [3.63, 3.8) is 0 Å². The maximum absolute atomic E-state index is 6.26. The lowest BCUT2D eigenvalue weighted by Crippen LogP contribution is -2.13. The van der Waals surface area contributed by atoms with Crippen LogP contribution in [0, 0.1) is 0 Å². The van der Waals surface area contributed by atoms with Gasteiger partial charge >= 0.3 is 0 Å². The summed E-state index contributed by atoms with van der Waals surface area (Å²) in [5.41, 5.74) is 8.62. The normalized spacial score (nSPS) is 12.4. The predicted molar refractivity (Wildman–Crippen MR) is 86.6 cm³/mol. The Morgan fingerprint density at radius 3 is 2.11 bits per heavy atom. The van der Waals surface area contributed by atoms with Crippen LogP contribution in [0.3, 0.4) is 0 Å². The van der Waals surface area contributed by atoms with E-state index in [0.717, 1.165) is 25.4 Å². The molecule has 0 heterocycles. The SMILES string of the molecule is NC(Cc1ccc(Br)cc1)c1ccc(Br)cc1Br. The fourth-order valence-corrected chi connectivity index (χ4v) is 3.39. The first-order chi connectivity index (χ1) is 8.56. The Hall–Kier alpha value is -0.160. The van der Waals surface area contributed by atoms with E-state index in [2.05, 4.69) is 66.0 Å². The maximum Gasteiger partial charge on any atom is 0.0347 e. The molecule has 0 saturated heterocycles. The van der Waals surface area contributed by atoms with Gasteiger partial charge in [-0.2, -0.15) is 0 Å². The van der Waals surface area contributed by atoms with Crippen molar-refractivity contribution in [2.24, 2.45) is 5.73 Å². The molecule has 2 N–H and O–H groups in total. The van der Waals surface area contributed by atoms with E-state index in [-0.39, 0.29) is 6.04 Å². The lowest BCUT2D eigenvalue weighted by Gasteiger charge is -2.14. The topological polar surface area (TPSA) is 26.0 Å². The summed E-state index contributed by atoms with van der Waals surface area (Å²) in [6.07, 6.45) is 0.827. The molecular weight excluding hydrogens is 422 g/mol. The summed E-state index contributed by atoms with van der Waals surface area (Å²) in [6.45, 7) is 0. The predicted octanol–water partition coefficient (Wildman–Crippen LogP) is 5.22. The van der Waals surface area contributed by atoms with Crippen molar-refractivity contribution in [3.8, 4) is 0 Å². The molecule has 1 atom stereocenters. The zero-order valence-electron chi connectivity index (χ0n) is 9.54. The van der Waals surface area contributed by atoms with Gasteiger partial charge in [-0.25, -0.2) is 0 Å². The first-order valence-electron chi connectivity index (χ1n) is 5.51. The summed E-state index contributed by atoms with van der Waals surface area (Å²) in [6, 6.07) is 14.4. The van der Waals surface area contributed by atoms with Crippen molar-refractivity contribution in [1.29, 1.82) is 0 Å². The van der Waals surface area contributed by atoms with Crippen molar-refractivity contribution in [1.82, 2.24) is 0 Å². The summed E-state index contributed by atoms with van der Waals surface area (Å²) >= 11 is 10.4. The molecule has 0 spiro atoms. The van der Waals surface area contributed by atoms with Gasteiger partial charge < -0.3 is 5.73 Å². The second kappa shape index (κ2) is 6.33. The van der Waals surface area contributed by atoms with Crippen molar-refractivity contribution in [2.75, 3.05) is 0 Å². The van der Waals surface area contributed by atoms with E-state index in [1.54, 1.807) is 0 Å². The molecule has 4 heteroatoms.